The molecule has 0 aliphatic carbocycles. The summed E-state index contributed by atoms with van der Waals surface area (Å²) >= 11 is 11.6. The maximum Gasteiger partial charge on any atom is 0.174 e. The van der Waals surface area contributed by atoms with Gasteiger partial charge in [-0.05, 0) is 13.1 Å². The van der Waals surface area contributed by atoms with Gasteiger partial charge < -0.3 is 10.2 Å². The van der Waals surface area contributed by atoms with Gasteiger partial charge in [0.05, 0.1) is 5.69 Å². The number of nitrogens with zero attached hydrogens (tertiary/aromatic N) is 3. The Hall–Kier alpha value is -0.580. The number of nitrogens with one attached hydrogen (secondary N) is 1. The summed E-state index contributed by atoms with van der Waals surface area (Å²) in [6.45, 7) is 8.14. The number of halogens is 2. The van der Waals surface area contributed by atoms with Crippen molar-refractivity contribution in [1.82, 2.24) is 15.1 Å². The highest BCUT2D eigenvalue weighted by Crippen LogP contribution is 2.20. The molecule has 4 nitrogen and oxygen atoms in total. The molecule has 1 rings (SSSR count). The predicted octanol–water partition coefficient (Wildman–Crippen LogP) is 2.54. The molecular weight excluding hydrogens is 247 g/mol. The quantitative estimate of drug-likeness (QED) is 0.856. The number of aromatic nitrogens is 2. The zero-order valence-corrected chi connectivity index (χ0v) is 11.0. The Labute approximate surface area is 106 Å². The van der Waals surface area contributed by atoms with Gasteiger partial charge in [0.25, 0.3) is 0 Å². The van der Waals surface area contributed by atoms with Crippen LogP contribution in [0.4, 0.5) is 5.69 Å². The second-order valence-corrected chi connectivity index (χ2v) is 4.07. The van der Waals surface area contributed by atoms with E-state index in [0.717, 1.165) is 31.9 Å². The minimum Gasteiger partial charge on any atom is -0.381 e. The van der Waals surface area contributed by atoms with Crippen molar-refractivity contribution in [2.45, 2.75) is 13.8 Å². The van der Waals surface area contributed by atoms with Crippen LogP contribution in [0.25, 0.3) is 0 Å². The summed E-state index contributed by atoms with van der Waals surface area (Å²) in [5.41, 5.74) is 0.730. The minimum absolute atomic E-state index is 0.342. The molecule has 90 valence electrons. The van der Waals surface area contributed by atoms with Gasteiger partial charge in [-0.3, -0.25) is 0 Å². The zero-order valence-electron chi connectivity index (χ0n) is 9.50. The van der Waals surface area contributed by atoms with Crippen LogP contribution >= 0.6 is 23.2 Å². The molecule has 0 atom stereocenters. The first kappa shape index (κ1) is 13.5. The van der Waals surface area contributed by atoms with Crippen molar-refractivity contribution in [2.24, 2.45) is 0 Å². The molecule has 6 heteroatoms. The van der Waals surface area contributed by atoms with E-state index in [1.165, 1.54) is 0 Å². The number of hydrogen-bond donors (Lipinski definition) is 1. The van der Waals surface area contributed by atoms with E-state index in [1.807, 2.05) is 0 Å². The second kappa shape index (κ2) is 6.89. The SMILES string of the molecule is CCN(CC)CCNc1cc(Cl)nnc1Cl. The number of hydrogen-bond acceptors (Lipinski definition) is 4. The van der Waals surface area contributed by atoms with Gasteiger partial charge in [-0.25, -0.2) is 0 Å². The van der Waals surface area contributed by atoms with Crippen LogP contribution in [-0.2, 0) is 0 Å². The third-order valence-electron chi connectivity index (χ3n) is 2.36. The fourth-order valence-corrected chi connectivity index (χ4v) is 1.67. The molecule has 0 saturated carbocycles. The molecule has 0 amide bonds. The van der Waals surface area contributed by atoms with E-state index < -0.39 is 0 Å². The van der Waals surface area contributed by atoms with Crippen LogP contribution in [0.2, 0.25) is 10.3 Å². The van der Waals surface area contributed by atoms with E-state index in [9.17, 15) is 0 Å². The van der Waals surface area contributed by atoms with Crippen LogP contribution in [0.3, 0.4) is 0 Å². The predicted molar refractivity (Wildman–Crippen MR) is 68.3 cm³/mol. The van der Waals surface area contributed by atoms with Crippen LogP contribution in [0.15, 0.2) is 6.07 Å². The Morgan fingerprint density at radius 2 is 1.94 bits per heavy atom. The Morgan fingerprint density at radius 1 is 1.25 bits per heavy atom. The molecule has 0 radical (unpaired) electrons. The molecule has 1 heterocycles. The lowest BCUT2D eigenvalue weighted by molar-refractivity contribution is 0.316. The minimum atomic E-state index is 0.342. The smallest absolute Gasteiger partial charge is 0.174 e. The van der Waals surface area contributed by atoms with Crippen LogP contribution in [-0.4, -0.2) is 41.3 Å². The molecule has 1 aromatic rings. The summed E-state index contributed by atoms with van der Waals surface area (Å²) in [7, 11) is 0. The second-order valence-electron chi connectivity index (χ2n) is 3.33. The third kappa shape index (κ3) is 4.12. The van der Waals surface area contributed by atoms with E-state index in [1.54, 1.807) is 6.07 Å². The van der Waals surface area contributed by atoms with Gasteiger partial charge in [0.1, 0.15) is 0 Å². The molecule has 16 heavy (non-hydrogen) atoms. The van der Waals surface area contributed by atoms with Crippen LogP contribution < -0.4 is 5.32 Å². The molecule has 0 fully saturated rings. The largest absolute Gasteiger partial charge is 0.381 e. The molecule has 0 spiro atoms. The first-order chi connectivity index (χ1) is 7.67. The van der Waals surface area contributed by atoms with Crippen molar-refractivity contribution in [1.29, 1.82) is 0 Å². The topological polar surface area (TPSA) is 41.0 Å². The number of rotatable bonds is 6. The summed E-state index contributed by atoms with van der Waals surface area (Å²) in [4.78, 5) is 2.32. The molecule has 0 unspecified atom stereocenters. The van der Waals surface area contributed by atoms with Crippen molar-refractivity contribution >= 4 is 28.9 Å². The fourth-order valence-electron chi connectivity index (χ4n) is 1.37. The number of likely N-dealkylation sites (N-methyl/N-ethyl adjacent to an activating group) is 1. The lowest BCUT2D eigenvalue weighted by Gasteiger charge is -2.18. The Bertz CT molecular complexity index is 329. The molecule has 1 aromatic heterocycles. The first-order valence-electron chi connectivity index (χ1n) is 5.32. The highest BCUT2D eigenvalue weighted by atomic mass is 35.5. The Balaban J connectivity index is 2.45. The molecule has 0 aliphatic rings. The average Bonchev–Trinajstić information content (AvgIpc) is 2.29. The molecule has 0 bridgehead atoms. The van der Waals surface area contributed by atoms with E-state index in [2.05, 4.69) is 34.3 Å². The van der Waals surface area contributed by atoms with Crippen molar-refractivity contribution < 1.29 is 0 Å². The molecular formula is C10H16Cl2N4. The highest BCUT2D eigenvalue weighted by Gasteiger charge is 2.04. The molecule has 1 N–H and O–H groups in total. The molecule has 0 saturated heterocycles. The van der Waals surface area contributed by atoms with Gasteiger partial charge in [0.2, 0.25) is 0 Å². The Kier molecular flexibility index (Phi) is 5.80. The van der Waals surface area contributed by atoms with E-state index in [0.29, 0.717) is 10.3 Å². The fraction of sp³-hybridized carbons (Fsp3) is 0.600. The summed E-state index contributed by atoms with van der Waals surface area (Å²) in [6.07, 6.45) is 0. The average molecular weight is 263 g/mol. The maximum atomic E-state index is 5.87. The van der Waals surface area contributed by atoms with Crippen LogP contribution in [0.5, 0.6) is 0 Å². The van der Waals surface area contributed by atoms with Crippen molar-refractivity contribution in [3.8, 4) is 0 Å². The Morgan fingerprint density at radius 3 is 2.56 bits per heavy atom. The summed E-state index contributed by atoms with van der Waals surface area (Å²) in [6, 6.07) is 1.68. The highest BCUT2D eigenvalue weighted by molar-refractivity contribution is 6.33. The van der Waals surface area contributed by atoms with Gasteiger partial charge in [-0.1, -0.05) is 37.0 Å². The van der Waals surface area contributed by atoms with Gasteiger partial charge in [-0.2, -0.15) is 0 Å². The van der Waals surface area contributed by atoms with E-state index >= 15 is 0 Å². The van der Waals surface area contributed by atoms with Gasteiger partial charge in [-0.15, -0.1) is 10.2 Å². The number of anilines is 1. The monoisotopic (exact) mass is 262 g/mol. The lowest BCUT2D eigenvalue weighted by atomic mass is 10.4. The first-order valence-corrected chi connectivity index (χ1v) is 6.07. The maximum absolute atomic E-state index is 5.87. The van der Waals surface area contributed by atoms with Gasteiger partial charge >= 0.3 is 0 Å². The van der Waals surface area contributed by atoms with Crippen LogP contribution in [0.1, 0.15) is 13.8 Å². The lowest BCUT2D eigenvalue weighted by Crippen LogP contribution is -2.28. The van der Waals surface area contributed by atoms with Crippen molar-refractivity contribution in [2.75, 3.05) is 31.5 Å². The summed E-state index contributed by atoms with van der Waals surface area (Å²) < 4.78 is 0. The van der Waals surface area contributed by atoms with Gasteiger partial charge in [0.15, 0.2) is 10.3 Å². The normalized spacial score (nSPS) is 10.8. The summed E-state index contributed by atoms with van der Waals surface area (Å²) in [5, 5.41) is 11.3. The third-order valence-corrected chi connectivity index (χ3v) is 2.82. The van der Waals surface area contributed by atoms with Crippen LogP contribution in [0, 0.1) is 0 Å². The van der Waals surface area contributed by atoms with Crippen molar-refractivity contribution in [3.63, 3.8) is 0 Å². The molecule has 0 aromatic carbocycles. The van der Waals surface area contributed by atoms with E-state index in [-0.39, 0.29) is 0 Å². The standard InChI is InChI=1S/C10H16Cl2N4/c1-3-16(4-2)6-5-13-8-7-9(11)14-15-10(8)12/h7H,3-6H2,1-2H3,(H,13,14). The van der Waals surface area contributed by atoms with Crippen molar-refractivity contribution in [3.05, 3.63) is 16.4 Å². The zero-order chi connectivity index (χ0) is 12.0. The van der Waals surface area contributed by atoms with Gasteiger partial charge in [0, 0.05) is 19.2 Å². The van der Waals surface area contributed by atoms with E-state index in [4.69, 9.17) is 23.2 Å². The molecule has 0 aliphatic heterocycles. The summed E-state index contributed by atoms with van der Waals surface area (Å²) in [5.74, 6) is 0.